The number of aromatic nitrogens is 1. The van der Waals surface area contributed by atoms with Crippen molar-refractivity contribution in [3.63, 3.8) is 0 Å². The number of carbonyl (C=O) groups is 2. The van der Waals surface area contributed by atoms with Crippen LogP contribution in [0.15, 0.2) is 12.4 Å². The van der Waals surface area contributed by atoms with E-state index in [1.807, 2.05) is 27.7 Å². The summed E-state index contributed by atoms with van der Waals surface area (Å²) in [4.78, 5) is 29.0. The molecule has 1 aromatic rings. The predicted molar refractivity (Wildman–Crippen MR) is 89.9 cm³/mol. The number of hydrogen-bond acceptors (Lipinski definition) is 4. The molecule has 2 amide bonds. The first kappa shape index (κ1) is 18.3. The van der Waals surface area contributed by atoms with Crippen LogP contribution in [0.5, 0.6) is 0 Å². The number of H-pyrrole nitrogens is 1. The molecule has 134 valence electrons. The Hall–Kier alpha value is -2.02. The van der Waals surface area contributed by atoms with Crippen LogP contribution >= 0.6 is 0 Å². The fourth-order valence-corrected chi connectivity index (χ4v) is 2.76. The Morgan fingerprint density at radius 3 is 2.42 bits per heavy atom. The molecular weight excluding hydrogens is 310 g/mol. The number of nitrogens with one attached hydrogen (secondary N) is 2. The minimum absolute atomic E-state index is 0.162. The van der Waals surface area contributed by atoms with E-state index in [0.29, 0.717) is 31.5 Å². The molecule has 7 heteroatoms. The van der Waals surface area contributed by atoms with Crippen LogP contribution in [-0.4, -0.2) is 57.8 Å². The summed E-state index contributed by atoms with van der Waals surface area (Å²) >= 11 is 0. The Bertz CT molecular complexity index is 595. The monoisotopic (exact) mass is 337 g/mol. The van der Waals surface area contributed by atoms with Gasteiger partial charge in [0.2, 0.25) is 0 Å². The number of aliphatic hydroxyl groups excluding tert-OH is 1. The molecule has 1 fully saturated rings. The molecule has 0 aliphatic carbocycles. The molecule has 1 aromatic heterocycles. The fraction of sp³-hybridized carbons (Fsp3) is 0.647. The summed E-state index contributed by atoms with van der Waals surface area (Å²) < 4.78 is 5.37. The maximum atomic E-state index is 12.4. The van der Waals surface area contributed by atoms with Gasteiger partial charge in [0.05, 0.1) is 17.7 Å². The molecule has 0 radical (unpaired) electrons. The van der Waals surface area contributed by atoms with E-state index in [4.69, 9.17) is 4.74 Å². The largest absolute Gasteiger partial charge is 0.444 e. The Balaban J connectivity index is 1.97. The van der Waals surface area contributed by atoms with Crippen LogP contribution in [0.25, 0.3) is 0 Å². The molecule has 0 unspecified atom stereocenters. The number of aliphatic hydroxyl groups is 1. The third kappa shape index (κ3) is 4.29. The Labute approximate surface area is 142 Å². The highest BCUT2D eigenvalue weighted by molar-refractivity contribution is 5.96. The quantitative estimate of drug-likeness (QED) is 0.784. The number of carbonyl (C=O) groups excluding carboxylic acids is 2. The summed E-state index contributed by atoms with van der Waals surface area (Å²) in [6, 6.07) is 0. The van der Waals surface area contributed by atoms with Crippen LogP contribution in [0.3, 0.4) is 0 Å². The van der Waals surface area contributed by atoms with E-state index in [-0.39, 0.29) is 18.6 Å². The van der Waals surface area contributed by atoms with Crippen molar-refractivity contribution in [2.75, 3.05) is 19.7 Å². The molecule has 0 bridgehead atoms. The standard InChI is InChI=1S/C17H27N3O4/c1-12-9-18-10-13(12)14(22)19-17(11-21)5-7-20(8-6-17)15(23)24-16(2,3)4/h9-10,18,21H,5-8,11H2,1-4H3,(H,19,22). The fourth-order valence-electron chi connectivity index (χ4n) is 2.76. The van der Waals surface area contributed by atoms with Gasteiger partial charge in [0.25, 0.3) is 5.91 Å². The van der Waals surface area contributed by atoms with Gasteiger partial charge in [-0.15, -0.1) is 0 Å². The van der Waals surface area contributed by atoms with Gasteiger partial charge < -0.3 is 25.0 Å². The number of aryl methyl sites for hydroxylation is 1. The van der Waals surface area contributed by atoms with Crippen molar-refractivity contribution >= 4 is 12.0 Å². The summed E-state index contributed by atoms with van der Waals surface area (Å²) in [6.07, 6.45) is 4.01. The van der Waals surface area contributed by atoms with Crippen molar-refractivity contribution in [2.24, 2.45) is 0 Å². The number of hydrogen-bond donors (Lipinski definition) is 3. The molecule has 0 spiro atoms. The summed E-state index contributed by atoms with van der Waals surface area (Å²) in [5, 5.41) is 12.8. The number of amides is 2. The van der Waals surface area contributed by atoms with Gasteiger partial charge in [-0.25, -0.2) is 4.79 Å². The molecule has 7 nitrogen and oxygen atoms in total. The SMILES string of the molecule is Cc1c[nH]cc1C(=O)NC1(CO)CCN(C(=O)OC(C)(C)C)CC1. The van der Waals surface area contributed by atoms with Crippen molar-refractivity contribution in [3.05, 3.63) is 23.5 Å². The minimum atomic E-state index is -0.709. The van der Waals surface area contributed by atoms with Crippen LogP contribution in [0.1, 0.15) is 49.5 Å². The van der Waals surface area contributed by atoms with Crippen molar-refractivity contribution in [3.8, 4) is 0 Å². The molecule has 0 atom stereocenters. The average Bonchev–Trinajstić information content (AvgIpc) is 2.92. The van der Waals surface area contributed by atoms with Gasteiger partial charge in [-0.3, -0.25) is 4.79 Å². The van der Waals surface area contributed by atoms with Gasteiger partial charge in [0.15, 0.2) is 0 Å². The maximum Gasteiger partial charge on any atom is 0.410 e. The second-order valence-corrected chi connectivity index (χ2v) is 7.41. The number of aromatic amines is 1. The number of nitrogens with zero attached hydrogens (tertiary/aromatic N) is 1. The lowest BCUT2D eigenvalue weighted by Crippen LogP contribution is -2.58. The van der Waals surface area contributed by atoms with E-state index in [1.165, 1.54) is 0 Å². The second-order valence-electron chi connectivity index (χ2n) is 7.41. The van der Waals surface area contributed by atoms with Gasteiger partial charge in [-0.05, 0) is 46.1 Å². The zero-order valence-electron chi connectivity index (χ0n) is 14.8. The lowest BCUT2D eigenvalue weighted by molar-refractivity contribution is 0.00970. The normalized spacial score (nSPS) is 17.5. The summed E-state index contributed by atoms with van der Waals surface area (Å²) in [5.41, 5.74) is 0.172. The third-order valence-electron chi connectivity index (χ3n) is 4.25. The zero-order chi connectivity index (χ0) is 18.0. The van der Waals surface area contributed by atoms with Gasteiger partial charge in [0.1, 0.15) is 5.60 Å². The third-order valence-corrected chi connectivity index (χ3v) is 4.25. The van der Waals surface area contributed by atoms with E-state index in [1.54, 1.807) is 17.3 Å². The van der Waals surface area contributed by atoms with Crippen LogP contribution in [-0.2, 0) is 4.74 Å². The molecule has 1 saturated heterocycles. The van der Waals surface area contributed by atoms with Gasteiger partial charge in [-0.2, -0.15) is 0 Å². The highest BCUT2D eigenvalue weighted by Gasteiger charge is 2.38. The first-order valence-electron chi connectivity index (χ1n) is 8.20. The highest BCUT2D eigenvalue weighted by atomic mass is 16.6. The zero-order valence-corrected chi connectivity index (χ0v) is 14.8. The van der Waals surface area contributed by atoms with Crippen LogP contribution < -0.4 is 5.32 Å². The number of piperidine rings is 1. The Kier molecular flexibility index (Phi) is 5.22. The van der Waals surface area contributed by atoms with Crippen LogP contribution in [0.2, 0.25) is 0 Å². The van der Waals surface area contributed by atoms with E-state index >= 15 is 0 Å². The highest BCUT2D eigenvalue weighted by Crippen LogP contribution is 2.24. The predicted octanol–water partition coefficient (Wildman–Crippen LogP) is 1.81. The molecule has 24 heavy (non-hydrogen) atoms. The molecule has 2 rings (SSSR count). The van der Waals surface area contributed by atoms with Gasteiger partial charge in [0, 0.05) is 25.5 Å². The Morgan fingerprint density at radius 1 is 1.33 bits per heavy atom. The van der Waals surface area contributed by atoms with E-state index in [9.17, 15) is 14.7 Å². The molecule has 3 N–H and O–H groups in total. The number of likely N-dealkylation sites (tertiary alicyclic amines) is 1. The average molecular weight is 337 g/mol. The van der Waals surface area contributed by atoms with Crippen molar-refractivity contribution < 1.29 is 19.4 Å². The molecule has 0 aromatic carbocycles. The lowest BCUT2D eigenvalue weighted by Gasteiger charge is -2.41. The minimum Gasteiger partial charge on any atom is -0.444 e. The number of ether oxygens (including phenoxy) is 1. The number of rotatable bonds is 3. The van der Waals surface area contributed by atoms with E-state index in [0.717, 1.165) is 5.56 Å². The first-order chi connectivity index (χ1) is 11.2. The topological polar surface area (TPSA) is 94.7 Å². The summed E-state index contributed by atoms with van der Waals surface area (Å²) in [7, 11) is 0. The Morgan fingerprint density at radius 2 is 1.96 bits per heavy atom. The molecule has 1 aliphatic rings. The molecule has 0 saturated carbocycles. The molecule has 1 aliphatic heterocycles. The van der Waals surface area contributed by atoms with Crippen molar-refractivity contribution in [1.29, 1.82) is 0 Å². The van der Waals surface area contributed by atoms with Gasteiger partial charge >= 0.3 is 6.09 Å². The van der Waals surface area contributed by atoms with Crippen LogP contribution in [0, 0.1) is 6.92 Å². The second kappa shape index (κ2) is 6.84. The summed E-state index contributed by atoms with van der Waals surface area (Å²) in [5.74, 6) is -0.214. The molecular formula is C17H27N3O4. The smallest absolute Gasteiger partial charge is 0.410 e. The van der Waals surface area contributed by atoms with Crippen molar-refractivity contribution in [1.82, 2.24) is 15.2 Å². The lowest BCUT2D eigenvalue weighted by atomic mass is 9.88. The van der Waals surface area contributed by atoms with E-state index in [2.05, 4.69) is 10.3 Å². The first-order valence-corrected chi connectivity index (χ1v) is 8.20. The van der Waals surface area contributed by atoms with Gasteiger partial charge in [-0.1, -0.05) is 0 Å². The van der Waals surface area contributed by atoms with E-state index < -0.39 is 11.1 Å². The molecule has 2 heterocycles. The van der Waals surface area contributed by atoms with Crippen molar-refractivity contribution in [2.45, 2.75) is 51.7 Å². The maximum absolute atomic E-state index is 12.4. The van der Waals surface area contributed by atoms with Crippen LogP contribution in [0.4, 0.5) is 4.79 Å². The summed E-state index contributed by atoms with van der Waals surface area (Å²) in [6.45, 7) is 8.03.